The van der Waals surface area contributed by atoms with Crippen LogP contribution in [0.3, 0.4) is 0 Å². The minimum absolute atomic E-state index is 0.0692. The molecule has 11 rings (SSSR count). The number of piperazine rings is 2. The lowest BCUT2D eigenvalue weighted by molar-refractivity contribution is -0.127. The Balaban J connectivity index is 0.000000178. The van der Waals surface area contributed by atoms with Crippen molar-refractivity contribution >= 4 is 160 Å². The van der Waals surface area contributed by atoms with Crippen LogP contribution in [0.25, 0.3) is 32.7 Å². The highest BCUT2D eigenvalue weighted by Gasteiger charge is 2.31. The number of benzene rings is 5. The van der Waals surface area contributed by atoms with Gasteiger partial charge >= 0.3 is 10.5 Å². The molecule has 5 aromatic carbocycles. The van der Waals surface area contributed by atoms with Crippen molar-refractivity contribution in [1.82, 2.24) is 35.0 Å². The number of aromatic nitrogens is 3. The van der Waals surface area contributed by atoms with Crippen LogP contribution in [0.2, 0.25) is 0 Å². The normalized spacial score (nSPS) is 13.4. The molecule has 3 aliphatic rings. The Morgan fingerprint density at radius 3 is 1.31 bits per heavy atom. The lowest BCUT2D eigenvalue weighted by atomic mass is 10.1. The number of ether oxygens (including phenoxy) is 4. The first-order valence-corrected chi connectivity index (χ1v) is 29.3. The summed E-state index contributed by atoms with van der Waals surface area (Å²) in [5.74, 6) is 0.0657. The molecular formula is C59H57Br3Cl3N7O12. The molecule has 19 nitrogen and oxygen atoms in total. The number of hydrogen-bond donors (Lipinski definition) is 4. The summed E-state index contributed by atoms with van der Waals surface area (Å²) >= 11 is 24.4. The maximum Gasteiger partial charge on any atom is 0.304 e. The van der Waals surface area contributed by atoms with Gasteiger partial charge in [-0.2, -0.15) is 0 Å². The first kappa shape index (κ1) is 66.3. The van der Waals surface area contributed by atoms with Crippen molar-refractivity contribution < 1.29 is 57.3 Å². The second-order valence-corrected chi connectivity index (χ2v) is 21.7. The summed E-state index contributed by atoms with van der Waals surface area (Å²) in [5, 5.41) is 2.14. The number of Topliss-reactive ketones (excluding diaryl/α,β-unsaturated/α-hetero) is 2. The molecule has 0 saturated carbocycles. The number of halogens is 6. The van der Waals surface area contributed by atoms with Crippen molar-refractivity contribution in [3.63, 3.8) is 0 Å². The summed E-state index contributed by atoms with van der Waals surface area (Å²) in [6, 6.07) is 31.5. The molecule has 442 valence electrons. The summed E-state index contributed by atoms with van der Waals surface area (Å²) < 4.78 is 23.3. The van der Waals surface area contributed by atoms with E-state index in [1.807, 2.05) is 83.9 Å². The maximum absolute atomic E-state index is 13.0. The molecule has 3 aromatic heterocycles. The average molecular weight is 1400 g/mol. The summed E-state index contributed by atoms with van der Waals surface area (Å²) in [4.78, 5) is 106. The van der Waals surface area contributed by atoms with Gasteiger partial charge in [-0.25, -0.2) is 0 Å². The topological polar surface area (TPSA) is 243 Å². The van der Waals surface area contributed by atoms with Crippen LogP contribution in [0.4, 0.5) is 0 Å². The molecule has 3 fully saturated rings. The van der Waals surface area contributed by atoms with Gasteiger partial charge in [-0.1, -0.05) is 36.4 Å². The molecule has 0 aliphatic carbocycles. The highest BCUT2D eigenvalue weighted by atomic mass is 79.9. The Kier molecular flexibility index (Phi) is 26.0. The summed E-state index contributed by atoms with van der Waals surface area (Å²) in [6.45, 7) is 6.82. The number of H-pyrrole nitrogens is 3. The Morgan fingerprint density at radius 2 is 0.893 bits per heavy atom. The van der Waals surface area contributed by atoms with E-state index in [-0.39, 0.29) is 22.9 Å². The zero-order valence-corrected chi connectivity index (χ0v) is 52.6. The minimum atomic E-state index is -1.14. The Bertz CT molecular complexity index is 3580. The van der Waals surface area contributed by atoms with Crippen molar-refractivity contribution in [3.05, 3.63) is 157 Å². The smallest absolute Gasteiger partial charge is 0.304 e. The number of amides is 3. The number of aromatic amines is 3. The predicted octanol–water partition coefficient (Wildman–Crippen LogP) is 11.0. The van der Waals surface area contributed by atoms with Crippen molar-refractivity contribution in [3.8, 4) is 17.2 Å². The first-order chi connectivity index (χ1) is 40.4. The van der Waals surface area contributed by atoms with Gasteiger partial charge in [-0.05, 0) is 162 Å². The lowest BCUT2D eigenvalue weighted by Gasteiger charge is -2.34. The SMILES string of the molecule is C1CCOC1.COc1ccc(Br)c2[nH]cc(C(=O)C(=O)Cl)c12.COc1ccc(Br)c2[nH]cc(C(=O)C(=O)N3CCN(C(=O)c4ccccc4)CC3)c12.COc1ccc(Br)c2[nH]ccc12.O=C(Cl)C(=O)Cl.O=C(c1ccccc1)N1CCNCC1. The third-order valence-corrected chi connectivity index (χ3v) is 15.5. The number of carbonyl (C=O) groups is 8. The van der Waals surface area contributed by atoms with Gasteiger partial charge in [0.25, 0.3) is 28.7 Å². The van der Waals surface area contributed by atoms with Gasteiger partial charge in [0.1, 0.15) is 17.2 Å². The number of rotatable bonds is 10. The molecule has 0 bridgehead atoms. The Hall–Kier alpha value is -6.89. The fourth-order valence-electron chi connectivity index (χ4n) is 8.72. The molecule has 0 spiro atoms. The standard InChI is InChI=1S/C22H20BrN3O4.C11H7BrClNO3.C11H14N2O.C9H8BrNO.C4H8O.C2Cl2O2/c1-30-17-8-7-16(23)19-18(17)15(13-24-19)20(27)22(29)26-11-9-25(10-12-26)21(28)14-5-3-2-4-6-14;1-17-7-3-2-6(12)9-8(7)5(4-14-9)10(15)11(13)16;14-11(10-4-2-1-3-5-10)13-8-6-12-7-9-13;1-12-8-3-2-7(10)9-6(8)4-5-11-9;1-2-4-5-3-1;3-1(5)2(4)6/h2-8,13,24H,9-12H2,1H3;2-4,14H,1H3;1-5,12H,6-9H2;2-5,11H,1H3;1-4H2;. The number of carbonyl (C=O) groups excluding carboxylic acids is 8. The number of nitrogens with zero attached hydrogens (tertiary/aromatic N) is 3. The van der Waals surface area contributed by atoms with E-state index in [2.05, 4.69) is 91.3 Å². The number of fused-ring (bicyclic) bond motifs is 3. The zero-order chi connectivity index (χ0) is 60.9. The average Bonchev–Trinajstić information content (AvgIpc) is 4.51. The van der Waals surface area contributed by atoms with Crippen LogP contribution in [0.5, 0.6) is 17.2 Å². The van der Waals surface area contributed by atoms with E-state index < -0.39 is 33.2 Å². The van der Waals surface area contributed by atoms with Crippen molar-refractivity contribution in [1.29, 1.82) is 0 Å². The second kappa shape index (κ2) is 33.0. The Morgan fingerprint density at radius 1 is 0.476 bits per heavy atom. The zero-order valence-electron chi connectivity index (χ0n) is 45.5. The largest absolute Gasteiger partial charge is 0.496 e. The molecule has 0 radical (unpaired) electrons. The van der Waals surface area contributed by atoms with Gasteiger partial charge in [-0.3, -0.25) is 38.4 Å². The molecule has 3 aliphatic heterocycles. The molecule has 6 heterocycles. The van der Waals surface area contributed by atoms with Crippen LogP contribution in [0.15, 0.2) is 135 Å². The number of nitrogens with one attached hydrogen (secondary N) is 4. The number of methoxy groups -OCH3 is 3. The van der Waals surface area contributed by atoms with Gasteiger partial charge in [-0.15, -0.1) is 0 Å². The molecule has 8 aromatic rings. The molecule has 3 amide bonds. The van der Waals surface area contributed by atoms with E-state index in [1.165, 1.54) is 44.4 Å². The van der Waals surface area contributed by atoms with Gasteiger partial charge in [0.05, 0.1) is 59.8 Å². The van der Waals surface area contributed by atoms with E-state index in [9.17, 15) is 38.4 Å². The van der Waals surface area contributed by atoms with Crippen molar-refractivity contribution in [2.24, 2.45) is 0 Å². The molecule has 0 unspecified atom stereocenters. The van der Waals surface area contributed by atoms with Crippen LogP contribution in [0, 0.1) is 0 Å². The fourth-order valence-corrected chi connectivity index (χ4v) is 10.2. The van der Waals surface area contributed by atoms with Crippen LogP contribution in [-0.4, -0.2) is 162 Å². The fraction of sp³-hybridized carbons (Fsp3) is 0.254. The first-order valence-electron chi connectivity index (χ1n) is 25.8. The number of hydrogen-bond acceptors (Lipinski definition) is 13. The second-order valence-electron chi connectivity index (χ2n) is 18.1. The van der Waals surface area contributed by atoms with Crippen molar-refractivity contribution in [2.75, 3.05) is 86.9 Å². The van der Waals surface area contributed by atoms with E-state index in [4.69, 9.17) is 30.5 Å². The summed E-state index contributed by atoms with van der Waals surface area (Å²) in [6.07, 6.45) is 7.44. The number of ketones is 2. The highest BCUT2D eigenvalue weighted by Crippen LogP contribution is 2.36. The molecule has 3 saturated heterocycles. The van der Waals surface area contributed by atoms with Gasteiger partial charge in [0.15, 0.2) is 0 Å². The molecule has 25 heteroatoms. The van der Waals surface area contributed by atoms with Crippen LogP contribution >= 0.6 is 82.6 Å². The third kappa shape index (κ3) is 17.6. The monoisotopic (exact) mass is 1400 g/mol. The minimum Gasteiger partial charge on any atom is -0.496 e. The molecule has 84 heavy (non-hydrogen) atoms. The summed E-state index contributed by atoms with van der Waals surface area (Å²) in [5.41, 5.74) is 4.34. The quantitative estimate of drug-likeness (QED) is 0.0566. The third-order valence-electron chi connectivity index (χ3n) is 12.9. The molecular weight excluding hydrogens is 1340 g/mol. The van der Waals surface area contributed by atoms with E-state index in [0.29, 0.717) is 65.0 Å². The van der Waals surface area contributed by atoms with Gasteiger partial charge < -0.3 is 53.9 Å². The molecule has 0 atom stereocenters. The summed E-state index contributed by atoms with van der Waals surface area (Å²) in [7, 11) is 4.69. The van der Waals surface area contributed by atoms with Gasteiger partial charge in [0, 0.05) is 114 Å². The highest BCUT2D eigenvalue weighted by molar-refractivity contribution is 9.11. The van der Waals surface area contributed by atoms with Crippen LogP contribution < -0.4 is 19.5 Å². The predicted molar refractivity (Wildman–Crippen MR) is 333 cm³/mol. The molecule has 4 N–H and O–H groups in total. The van der Waals surface area contributed by atoms with E-state index in [0.717, 1.165) is 75.0 Å². The van der Waals surface area contributed by atoms with E-state index >= 15 is 0 Å². The Labute approximate surface area is 523 Å². The maximum atomic E-state index is 13.0. The van der Waals surface area contributed by atoms with Crippen LogP contribution in [0.1, 0.15) is 54.3 Å². The van der Waals surface area contributed by atoms with Crippen LogP contribution in [-0.2, 0) is 23.9 Å². The lowest BCUT2D eigenvalue weighted by Crippen LogP contribution is -2.52. The van der Waals surface area contributed by atoms with Crippen molar-refractivity contribution in [2.45, 2.75) is 12.8 Å². The van der Waals surface area contributed by atoms with Gasteiger partial charge in [0.2, 0.25) is 5.78 Å². The van der Waals surface area contributed by atoms with E-state index in [1.54, 1.807) is 42.3 Å².